The first kappa shape index (κ1) is 21.7. The fourth-order valence-corrected chi connectivity index (χ4v) is 5.16. The predicted octanol–water partition coefficient (Wildman–Crippen LogP) is 5.04. The molecule has 2 heterocycles. The summed E-state index contributed by atoms with van der Waals surface area (Å²) in [5, 5.41) is 3.23. The molecule has 172 valence electrons. The zero-order chi connectivity index (χ0) is 22.8. The van der Waals surface area contributed by atoms with Crippen molar-refractivity contribution in [2.75, 3.05) is 13.1 Å². The zero-order valence-corrected chi connectivity index (χ0v) is 19.1. The van der Waals surface area contributed by atoms with Crippen molar-refractivity contribution in [1.29, 1.82) is 0 Å². The van der Waals surface area contributed by atoms with Gasteiger partial charge in [-0.2, -0.15) is 0 Å². The Balaban J connectivity index is 1.21. The van der Waals surface area contributed by atoms with E-state index in [1.165, 1.54) is 12.8 Å². The van der Waals surface area contributed by atoms with E-state index in [-0.39, 0.29) is 17.7 Å². The van der Waals surface area contributed by atoms with Gasteiger partial charge in [-0.05, 0) is 61.9 Å². The molecular weight excluding hydrogens is 414 g/mol. The number of amides is 2. The number of hydrogen-bond donors (Lipinski definition) is 1. The summed E-state index contributed by atoms with van der Waals surface area (Å²) in [7, 11) is 0. The SMILES string of the molecule is CC(C(=O)NC1CCCC1)C1CCN(C(=O)c2ccc3nc(-c4ccccc4)oc3c2)CC1. The number of likely N-dealkylation sites (tertiary alicyclic amines) is 1. The van der Waals surface area contributed by atoms with E-state index in [4.69, 9.17) is 4.42 Å². The van der Waals surface area contributed by atoms with Gasteiger partial charge in [0.15, 0.2) is 5.58 Å². The summed E-state index contributed by atoms with van der Waals surface area (Å²) >= 11 is 0. The van der Waals surface area contributed by atoms with Crippen LogP contribution in [0, 0.1) is 11.8 Å². The Labute approximate surface area is 194 Å². The van der Waals surface area contributed by atoms with E-state index < -0.39 is 0 Å². The number of oxazole rings is 1. The van der Waals surface area contributed by atoms with Crippen LogP contribution in [0.3, 0.4) is 0 Å². The lowest BCUT2D eigenvalue weighted by atomic mass is 9.84. The predicted molar refractivity (Wildman–Crippen MR) is 128 cm³/mol. The number of hydrogen-bond acceptors (Lipinski definition) is 4. The number of piperidine rings is 1. The van der Waals surface area contributed by atoms with Crippen LogP contribution in [0.5, 0.6) is 0 Å². The number of carbonyl (C=O) groups is 2. The Bertz CT molecular complexity index is 1130. The smallest absolute Gasteiger partial charge is 0.253 e. The number of nitrogens with one attached hydrogen (secondary N) is 1. The minimum Gasteiger partial charge on any atom is -0.436 e. The Kier molecular flexibility index (Phi) is 6.16. The highest BCUT2D eigenvalue weighted by Crippen LogP contribution is 2.29. The fraction of sp³-hybridized carbons (Fsp3) is 0.444. The maximum absolute atomic E-state index is 13.1. The van der Waals surface area contributed by atoms with Crippen molar-refractivity contribution in [3.8, 4) is 11.5 Å². The molecule has 2 amide bonds. The molecule has 2 fully saturated rings. The fourth-order valence-electron chi connectivity index (χ4n) is 5.16. The van der Waals surface area contributed by atoms with Gasteiger partial charge in [-0.1, -0.05) is 38.0 Å². The van der Waals surface area contributed by atoms with Gasteiger partial charge in [0.1, 0.15) is 5.52 Å². The average Bonchev–Trinajstić information content (AvgIpc) is 3.53. The highest BCUT2D eigenvalue weighted by Gasteiger charge is 2.31. The number of rotatable bonds is 5. The standard InChI is InChI=1S/C27H31N3O3/c1-18(25(31)28-22-9-5-6-10-22)19-13-15-30(16-14-19)27(32)21-11-12-23-24(17-21)33-26(29-23)20-7-3-2-4-8-20/h2-4,7-8,11-12,17-19,22H,5-6,9-10,13-16H2,1H3,(H,28,31). The molecule has 5 rings (SSSR count). The first-order chi connectivity index (χ1) is 16.1. The van der Waals surface area contributed by atoms with Gasteiger partial charge >= 0.3 is 0 Å². The van der Waals surface area contributed by atoms with E-state index in [2.05, 4.69) is 10.3 Å². The molecule has 1 aliphatic carbocycles. The molecule has 1 aromatic heterocycles. The summed E-state index contributed by atoms with van der Waals surface area (Å²) in [5.74, 6) is 1.05. The Morgan fingerprint density at radius 3 is 2.48 bits per heavy atom. The third-order valence-electron chi connectivity index (χ3n) is 7.31. The lowest BCUT2D eigenvalue weighted by Crippen LogP contribution is -2.44. The lowest BCUT2D eigenvalue weighted by Gasteiger charge is -2.34. The first-order valence-corrected chi connectivity index (χ1v) is 12.1. The van der Waals surface area contributed by atoms with Crippen LogP contribution in [0.1, 0.15) is 55.8 Å². The van der Waals surface area contributed by atoms with Crippen molar-refractivity contribution in [3.63, 3.8) is 0 Å². The summed E-state index contributed by atoms with van der Waals surface area (Å²) in [4.78, 5) is 32.2. The van der Waals surface area contributed by atoms with Gasteiger partial charge in [0.25, 0.3) is 5.91 Å². The molecule has 1 atom stereocenters. The average molecular weight is 446 g/mol. The van der Waals surface area contributed by atoms with Crippen LogP contribution in [0.15, 0.2) is 52.9 Å². The largest absolute Gasteiger partial charge is 0.436 e. The monoisotopic (exact) mass is 445 g/mol. The second kappa shape index (κ2) is 9.38. The molecule has 1 N–H and O–H groups in total. The van der Waals surface area contributed by atoms with Crippen LogP contribution >= 0.6 is 0 Å². The number of carbonyl (C=O) groups excluding carboxylic acids is 2. The molecule has 2 aromatic carbocycles. The van der Waals surface area contributed by atoms with Crippen LogP contribution in [0.25, 0.3) is 22.6 Å². The summed E-state index contributed by atoms with van der Waals surface area (Å²) in [6, 6.07) is 15.6. The molecule has 33 heavy (non-hydrogen) atoms. The normalized spacial score (nSPS) is 18.5. The van der Waals surface area contributed by atoms with Crippen LogP contribution in [0.2, 0.25) is 0 Å². The van der Waals surface area contributed by atoms with E-state index in [1.54, 1.807) is 6.07 Å². The summed E-state index contributed by atoms with van der Waals surface area (Å²) < 4.78 is 5.94. The lowest BCUT2D eigenvalue weighted by molar-refractivity contribution is -0.127. The van der Waals surface area contributed by atoms with E-state index in [0.717, 1.165) is 36.8 Å². The summed E-state index contributed by atoms with van der Waals surface area (Å²) in [6.45, 7) is 3.39. The van der Waals surface area contributed by atoms with E-state index in [1.807, 2.05) is 54.3 Å². The van der Waals surface area contributed by atoms with E-state index >= 15 is 0 Å². The van der Waals surface area contributed by atoms with Crippen LogP contribution in [-0.2, 0) is 4.79 Å². The molecule has 2 aliphatic rings. The van der Waals surface area contributed by atoms with Gasteiger partial charge in [0, 0.05) is 36.2 Å². The molecule has 1 aliphatic heterocycles. The van der Waals surface area contributed by atoms with Gasteiger partial charge in [0.2, 0.25) is 11.8 Å². The van der Waals surface area contributed by atoms with Crippen LogP contribution in [-0.4, -0.2) is 40.8 Å². The van der Waals surface area contributed by atoms with Gasteiger partial charge in [0.05, 0.1) is 0 Å². The number of benzene rings is 2. The van der Waals surface area contributed by atoms with Crippen molar-refractivity contribution in [1.82, 2.24) is 15.2 Å². The quantitative estimate of drug-likeness (QED) is 0.597. The van der Waals surface area contributed by atoms with Crippen molar-refractivity contribution in [3.05, 3.63) is 54.1 Å². The molecule has 1 saturated carbocycles. The van der Waals surface area contributed by atoms with Crippen LogP contribution in [0.4, 0.5) is 0 Å². The minimum absolute atomic E-state index is 0.00944. The van der Waals surface area contributed by atoms with Gasteiger partial charge in [-0.25, -0.2) is 4.98 Å². The van der Waals surface area contributed by atoms with Crippen molar-refractivity contribution in [2.45, 2.75) is 51.5 Å². The molecule has 0 bridgehead atoms. The molecule has 6 heteroatoms. The zero-order valence-electron chi connectivity index (χ0n) is 19.1. The molecule has 1 unspecified atom stereocenters. The Morgan fingerprint density at radius 2 is 1.76 bits per heavy atom. The minimum atomic E-state index is -0.00944. The van der Waals surface area contributed by atoms with E-state index in [9.17, 15) is 9.59 Å². The molecular formula is C27H31N3O3. The van der Waals surface area contributed by atoms with Crippen molar-refractivity contribution in [2.24, 2.45) is 11.8 Å². The van der Waals surface area contributed by atoms with Crippen molar-refractivity contribution >= 4 is 22.9 Å². The van der Waals surface area contributed by atoms with Gasteiger partial charge < -0.3 is 14.6 Å². The number of fused-ring (bicyclic) bond motifs is 1. The molecule has 0 radical (unpaired) electrons. The highest BCUT2D eigenvalue weighted by atomic mass is 16.3. The molecule has 6 nitrogen and oxygen atoms in total. The topological polar surface area (TPSA) is 75.4 Å². The molecule has 0 spiro atoms. The molecule has 3 aromatic rings. The van der Waals surface area contributed by atoms with Crippen LogP contribution < -0.4 is 5.32 Å². The maximum Gasteiger partial charge on any atom is 0.253 e. The van der Waals surface area contributed by atoms with Gasteiger partial charge in [-0.3, -0.25) is 9.59 Å². The second-order valence-electron chi connectivity index (χ2n) is 9.48. The molecule has 1 saturated heterocycles. The van der Waals surface area contributed by atoms with Crippen molar-refractivity contribution < 1.29 is 14.0 Å². The first-order valence-electron chi connectivity index (χ1n) is 12.1. The Hall–Kier alpha value is -3.15. The second-order valence-corrected chi connectivity index (χ2v) is 9.48. The van der Waals surface area contributed by atoms with Gasteiger partial charge in [-0.15, -0.1) is 0 Å². The number of aromatic nitrogens is 1. The summed E-state index contributed by atoms with van der Waals surface area (Å²) in [5.41, 5.74) is 2.89. The summed E-state index contributed by atoms with van der Waals surface area (Å²) in [6.07, 6.45) is 6.35. The Morgan fingerprint density at radius 1 is 1.03 bits per heavy atom. The highest BCUT2D eigenvalue weighted by molar-refractivity contribution is 5.97. The maximum atomic E-state index is 13.1. The third kappa shape index (κ3) is 4.65. The van der Waals surface area contributed by atoms with E-state index in [0.29, 0.717) is 42.1 Å². The third-order valence-corrected chi connectivity index (χ3v) is 7.31. The number of nitrogens with zero attached hydrogens (tertiary/aromatic N) is 2.